The maximum Gasteiger partial charge on any atom is 0.227 e. The molecule has 0 aliphatic heterocycles. The molecule has 1 heterocycles. The number of hydrogen-bond donors (Lipinski definition) is 1. The summed E-state index contributed by atoms with van der Waals surface area (Å²) >= 11 is 0. The lowest BCUT2D eigenvalue weighted by Gasteiger charge is -2.39. The van der Waals surface area contributed by atoms with Gasteiger partial charge in [-0.05, 0) is 43.9 Å². The molecule has 0 spiro atoms. The molecule has 1 saturated carbocycles. The van der Waals surface area contributed by atoms with Gasteiger partial charge in [-0.1, -0.05) is 12.8 Å². The SMILES string of the molecule is CN(CCc1ccncc1)C(=O)C1CCCCC1(C)N. The Morgan fingerprint density at radius 1 is 1.45 bits per heavy atom. The third-order valence-corrected chi connectivity index (χ3v) is 4.41. The first kappa shape index (κ1) is 15.0. The first-order valence-electron chi connectivity index (χ1n) is 7.43. The van der Waals surface area contributed by atoms with Gasteiger partial charge in [0.25, 0.3) is 0 Å². The van der Waals surface area contributed by atoms with Crippen LogP contribution in [-0.4, -0.2) is 34.9 Å². The number of nitrogens with two attached hydrogens (primary N) is 1. The number of carbonyl (C=O) groups is 1. The zero-order valence-corrected chi connectivity index (χ0v) is 12.5. The molecule has 2 atom stereocenters. The Labute approximate surface area is 121 Å². The molecule has 1 aliphatic rings. The number of nitrogens with zero attached hydrogens (tertiary/aromatic N) is 2. The summed E-state index contributed by atoms with van der Waals surface area (Å²) in [5.41, 5.74) is 7.17. The van der Waals surface area contributed by atoms with E-state index in [1.807, 2.05) is 31.0 Å². The number of amides is 1. The number of likely N-dealkylation sites (N-methyl/N-ethyl adjacent to an activating group) is 1. The fraction of sp³-hybridized carbons (Fsp3) is 0.625. The molecule has 0 aromatic carbocycles. The molecular formula is C16H25N3O. The number of hydrogen-bond acceptors (Lipinski definition) is 3. The number of carbonyl (C=O) groups excluding carboxylic acids is 1. The van der Waals surface area contributed by atoms with E-state index in [0.717, 1.165) is 38.6 Å². The molecule has 1 aromatic rings. The lowest BCUT2D eigenvalue weighted by molar-refractivity contribution is -0.137. The highest BCUT2D eigenvalue weighted by molar-refractivity contribution is 5.80. The van der Waals surface area contributed by atoms with Crippen molar-refractivity contribution in [1.82, 2.24) is 9.88 Å². The van der Waals surface area contributed by atoms with Gasteiger partial charge >= 0.3 is 0 Å². The van der Waals surface area contributed by atoms with Crippen molar-refractivity contribution in [3.8, 4) is 0 Å². The van der Waals surface area contributed by atoms with E-state index in [0.29, 0.717) is 0 Å². The Bertz CT molecular complexity index is 444. The topological polar surface area (TPSA) is 59.2 Å². The molecule has 1 fully saturated rings. The van der Waals surface area contributed by atoms with Crippen molar-refractivity contribution in [2.24, 2.45) is 11.7 Å². The van der Waals surface area contributed by atoms with Crippen LogP contribution in [0.15, 0.2) is 24.5 Å². The van der Waals surface area contributed by atoms with E-state index in [1.165, 1.54) is 5.56 Å². The van der Waals surface area contributed by atoms with Crippen molar-refractivity contribution < 1.29 is 4.79 Å². The molecule has 2 rings (SSSR count). The van der Waals surface area contributed by atoms with E-state index in [9.17, 15) is 4.79 Å². The lowest BCUT2D eigenvalue weighted by atomic mass is 9.74. The Kier molecular flexibility index (Phi) is 4.76. The summed E-state index contributed by atoms with van der Waals surface area (Å²) in [5, 5.41) is 0. The van der Waals surface area contributed by atoms with Gasteiger partial charge in [0.1, 0.15) is 0 Å². The van der Waals surface area contributed by atoms with Crippen molar-refractivity contribution in [2.75, 3.05) is 13.6 Å². The minimum absolute atomic E-state index is 0.0290. The molecule has 2 N–H and O–H groups in total. The van der Waals surface area contributed by atoms with Gasteiger partial charge in [0.15, 0.2) is 0 Å². The van der Waals surface area contributed by atoms with Crippen LogP contribution in [0.1, 0.15) is 38.2 Å². The summed E-state index contributed by atoms with van der Waals surface area (Å²) in [6.07, 6.45) is 8.55. The van der Waals surface area contributed by atoms with Crippen LogP contribution in [0.4, 0.5) is 0 Å². The van der Waals surface area contributed by atoms with Gasteiger partial charge in [0.2, 0.25) is 5.91 Å². The lowest BCUT2D eigenvalue weighted by Crippen LogP contribution is -2.53. The monoisotopic (exact) mass is 275 g/mol. The second-order valence-electron chi connectivity index (χ2n) is 6.17. The minimum atomic E-state index is -0.347. The summed E-state index contributed by atoms with van der Waals surface area (Å²) in [5.74, 6) is 0.169. The summed E-state index contributed by atoms with van der Waals surface area (Å²) in [6.45, 7) is 2.75. The largest absolute Gasteiger partial charge is 0.345 e. The van der Waals surface area contributed by atoms with Crippen molar-refractivity contribution >= 4 is 5.91 Å². The van der Waals surface area contributed by atoms with Gasteiger partial charge in [-0.15, -0.1) is 0 Å². The molecule has 20 heavy (non-hydrogen) atoms. The highest BCUT2D eigenvalue weighted by atomic mass is 16.2. The van der Waals surface area contributed by atoms with Gasteiger partial charge in [0, 0.05) is 31.5 Å². The van der Waals surface area contributed by atoms with E-state index in [1.54, 1.807) is 12.4 Å². The van der Waals surface area contributed by atoms with Gasteiger partial charge in [-0.2, -0.15) is 0 Å². The Balaban J connectivity index is 1.91. The molecule has 1 aliphatic carbocycles. The third kappa shape index (κ3) is 3.57. The Morgan fingerprint density at radius 2 is 2.15 bits per heavy atom. The molecule has 1 amide bonds. The van der Waals surface area contributed by atoms with Gasteiger partial charge < -0.3 is 10.6 Å². The molecule has 0 radical (unpaired) electrons. The molecule has 0 bridgehead atoms. The summed E-state index contributed by atoms with van der Waals surface area (Å²) in [6, 6.07) is 3.98. The molecule has 4 heteroatoms. The van der Waals surface area contributed by atoms with Crippen LogP contribution >= 0.6 is 0 Å². The maximum absolute atomic E-state index is 12.6. The van der Waals surface area contributed by atoms with Crippen LogP contribution in [0.5, 0.6) is 0 Å². The number of aromatic nitrogens is 1. The van der Waals surface area contributed by atoms with Crippen LogP contribution in [-0.2, 0) is 11.2 Å². The van der Waals surface area contributed by atoms with E-state index >= 15 is 0 Å². The van der Waals surface area contributed by atoms with Crippen LogP contribution in [0.25, 0.3) is 0 Å². The van der Waals surface area contributed by atoms with E-state index in [2.05, 4.69) is 4.98 Å². The van der Waals surface area contributed by atoms with Crippen molar-refractivity contribution in [1.29, 1.82) is 0 Å². The zero-order valence-electron chi connectivity index (χ0n) is 12.5. The van der Waals surface area contributed by atoms with Gasteiger partial charge in [0.05, 0.1) is 5.92 Å². The highest BCUT2D eigenvalue weighted by Crippen LogP contribution is 2.32. The second-order valence-corrected chi connectivity index (χ2v) is 6.17. The maximum atomic E-state index is 12.6. The smallest absolute Gasteiger partial charge is 0.227 e. The second kappa shape index (κ2) is 6.35. The predicted octanol–water partition coefficient (Wildman–Crippen LogP) is 1.99. The fourth-order valence-electron chi connectivity index (χ4n) is 2.99. The quantitative estimate of drug-likeness (QED) is 0.914. The third-order valence-electron chi connectivity index (χ3n) is 4.41. The Morgan fingerprint density at radius 3 is 2.80 bits per heavy atom. The molecule has 110 valence electrons. The normalized spacial score (nSPS) is 26.2. The molecule has 4 nitrogen and oxygen atoms in total. The van der Waals surface area contributed by atoms with E-state index in [-0.39, 0.29) is 17.4 Å². The summed E-state index contributed by atoms with van der Waals surface area (Å²) in [4.78, 5) is 18.4. The van der Waals surface area contributed by atoms with Gasteiger partial charge in [-0.3, -0.25) is 9.78 Å². The van der Waals surface area contributed by atoms with Crippen LogP contribution in [0, 0.1) is 5.92 Å². The first-order valence-corrected chi connectivity index (χ1v) is 7.43. The van der Waals surface area contributed by atoms with Gasteiger partial charge in [-0.25, -0.2) is 0 Å². The molecular weight excluding hydrogens is 250 g/mol. The van der Waals surface area contributed by atoms with Crippen LogP contribution in [0.3, 0.4) is 0 Å². The summed E-state index contributed by atoms with van der Waals surface area (Å²) in [7, 11) is 1.88. The average Bonchev–Trinajstić information content (AvgIpc) is 2.44. The highest BCUT2D eigenvalue weighted by Gasteiger charge is 2.38. The standard InChI is InChI=1S/C16H25N3O/c1-16(17)9-4-3-5-14(16)15(20)19(2)12-8-13-6-10-18-11-7-13/h6-7,10-11,14H,3-5,8-9,12,17H2,1-2H3. The molecule has 2 unspecified atom stereocenters. The van der Waals surface area contributed by atoms with E-state index < -0.39 is 0 Å². The van der Waals surface area contributed by atoms with Crippen molar-refractivity contribution in [3.63, 3.8) is 0 Å². The Hall–Kier alpha value is -1.42. The van der Waals surface area contributed by atoms with E-state index in [4.69, 9.17) is 5.73 Å². The summed E-state index contributed by atoms with van der Waals surface area (Å²) < 4.78 is 0. The fourth-order valence-corrected chi connectivity index (χ4v) is 2.99. The first-order chi connectivity index (χ1) is 9.50. The predicted molar refractivity (Wildman–Crippen MR) is 80.1 cm³/mol. The molecule has 1 aromatic heterocycles. The van der Waals surface area contributed by atoms with Crippen LogP contribution < -0.4 is 5.73 Å². The van der Waals surface area contributed by atoms with Crippen molar-refractivity contribution in [3.05, 3.63) is 30.1 Å². The average molecular weight is 275 g/mol. The minimum Gasteiger partial charge on any atom is -0.345 e. The van der Waals surface area contributed by atoms with Crippen molar-refractivity contribution in [2.45, 2.75) is 44.6 Å². The zero-order chi connectivity index (χ0) is 14.6. The van der Waals surface area contributed by atoms with Crippen LogP contribution in [0.2, 0.25) is 0 Å². The molecule has 0 saturated heterocycles. The number of pyridine rings is 1. The number of rotatable bonds is 4.